The van der Waals surface area contributed by atoms with Crippen molar-refractivity contribution in [2.45, 2.75) is 66.6 Å². The molecule has 96 valence electrons. The van der Waals surface area contributed by atoms with Crippen molar-refractivity contribution in [1.82, 2.24) is 0 Å². The molecule has 0 radical (unpaired) electrons. The molecule has 0 aliphatic carbocycles. The van der Waals surface area contributed by atoms with E-state index in [4.69, 9.17) is 4.74 Å². The van der Waals surface area contributed by atoms with Crippen molar-refractivity contribution < 1.29 is 9.84 Å². The Balaban J connectivity index is 3.08. The molecule has 2 heteroatoms. The molecule has 0 spiro atoms. The Morgan fingerprint density at radius 2 is 1.56 bits per heavy atom. The summed E-state index contributed by atoms with van der Waals surface area (Å²) in [7, 11) is 0. The van der Waals surface area contributed by atoms with Crippen LogP contribution in [0.4, 0.5) is 0 Å². The van der Waals surface area contributed by atoms with E-state index in [1.54, 1.807) is 0 Å². The largest absolute Gasteiger partial charge is 0.390 e. The Hall–Kier alpha value is -0.0800. The molecule has 3 atom stereocenters. The molecule has 16 heavy (non-hydrogen) atoms. The van der Waals surface area contributed by atoms with Crippen molar-refractivity contribution in [3.8, 4) is 0 Å². The highest BCUT2D eigenvalue weighted by Crippen LogP contribution is 2.47. The molecular weight excluding hydrogens is 200 g/mol. The summed E-state index contributed by atoms with van der Waals surface area (Å²) < 4.78 is 5.96. The summed E-state index contributed by atoms with van der Waals surface area (Å²) in [6, 6.07) is 0. The second kappa shape index (κ2) is 3.99. The van der Waals surface area contributed by atoms with Gasteiger partial charge in [0.25, 0.3) is 0 Å². The van der Waals surface area contributed by atoms with Gasteiger partial charge in [0.15, 0.2) is 0 Å². The molecule has 1 aliphatic heterocycles. The highest BCUT2D eigenvalue weighted by molar-refractivity contribution is 5.00. The topological polar surface area (TPSA) is 29.5 Å². The average molecular weight is 228 g/mol. The van der Waals surface area contributed by atoms with E-state index in [2.05, 4.69) is 41.5 Å². The second-order valence-corrected chi connectivity index (χ2v) is 7.61. The third-order valence-corrected chi connectivity index (χ3v) is 3.66. The lowest BCUT2D eigenvalue weighted by Crippen LogP contribution is -2.57. The molecule has 0 amide bonds. The lowest BCUT2D eigenvalue weighted by atomic mass is 9.61. The molecule has 1 fully saturated rings. The number of aliphatic hydroxyl groups is 1. The van der Waals surface area contributed by atoms with Gasteiger partial charge in [-0.25, -0.2) is 0 Å². The number of ether oxygens (including phenoxy) is 1. The minimum Gasteiger partial charge on any atom is -0.390 e. The summed E-state index contributed by atoms with van der Waals surface area (Å²) >= 11 is 0. The molecule has 3 unspecified atom stereocenters. The van der Waals surface area contributed by atoms with E-state index in [-0.39, 0.29) is 22.9 Å². The second-order valence-electron chi connectivity index (χ2n) is 7.61. The summed E-state index contributed by atoms with van der Waals surface area (Å²) in [5.74, 6) is 0.175. The van der Waals surface area contributed by atoms with Gasteiger partial charge in [-0.15, -0.1) is 0 Å². The monoisotopic (exact) mass is 228 g/mol. The van der Waals surface area contributed by atoms with Gasteiger partial charge in [-0.2, -0.15) is 0 Å². The Labute approximate surface area is 100 Å². The van der Waals surface area contributed by atoms with E-state index < -0.39 is 5.60 Å². The first-order valence-corrected chi connectivity index (χ1v) is 6.30. The van der Waals surface area contributed by atoms with Gasteiger partial charge in [-0.3, -0.25) is 0 Å². The molecule has 1 aliphatic rings. The number of rotatable bonds is 0. The van der Waals surface area contributed by atoms with E-state index in [1.807, 2.05) is 6.92 Å². The van der Waals surface area contributed by atoms with E-state index in [0.29, 0.717) is 6.61 Å². The first kappa shape index (κ1) is 14.0. The minimum absolute atomic E-state index is 0.0574. The number of hydrogen-bond donors (Lipinski definition) is 1. The van der Waals surface area contributed by atoms with Crippen LogP contribution in [-0.2, 0) is 4.74 Å². The van der Waals surface area contributed by atoms with Gasteiger partial charge in [0.1, 0.15) is 0 Å². The van der Waals surface area contributed by atoms with E-state index in [0.717, 1.165) is 6.42 Å². The molecule has 0 aromatic heterocycles. The SMILES string of the molecule is CC(C)(C)C1OCCC(C)(O)C1C(C)(C)C. The average Bonchev–Trinajstić information content (AvgIpc) is 1.97. The lowest BCUT2D eigenvalue weighted by molar-refractivity contribution is -0.204. The van der Waals surface area contributed by atoms with Crippen molar-refractivity contribution in [2.24, 2.45) is 16.7 Å². The zero-order chi connectivity index (χ0) is 12.8. The predicted molar refractivity (Wildman–Crippen MR) is 67.4 cm³/mol. The summed E-state index contributed by atoms with van der Waals surface area (Å²) in [6.45, 7) is 15.8. The summed E-state index contributed by atoms with van der Waals surface area (Å²) in [5.41, 5.74) is -0.487. The fourth-order valence-electron chi connectivity index (χ4n) is 3.11. The zero-order valence-electron chi connectivity index (χ0n) is 11.9. The molecular formula is C14H28O2. The number of hydrogen-bond acceptors (Lipinski definition) is 2. The van der Waals surface area contributed by atoms with Crippen LogP contribution in [0.5, 0.6) is 0 Å². The summed E-state index contributed by atoms with van der Waals surface area (Å²) in [5, 5.41) is 10.6. The minimum atomic E-state index is -0.617. The van der Waals surface area contributed by atoms with Crippen LogP contribution in [0.3, 0.4) is 0 Å². The Morgan fingerprint density at radius 1 is 1.06 bits per heavy atom. The van der Waals surface area contributed by atoms with Gasteiger partial charge >= 0.3 is 0 Å². The van der Waals surface area contributed by atoms with E-state index in [9.17, 15) is 5.11 Å². The summed E-state index contributed by atoms with van der Waals surface area (Å²) in [4.78, 5) is 0. The fourth-order valence-corrected chi connectivity index (χ4v) is 3.11. The first-order valence-electron chi connectivity index (χ1n) is 6.30. The van der Waals surface area contributed by atoms with Crippen LogP contribution < -0.4 is 0 Å². The first-order chi connectivity index (χ1) is 6.96. The maximum absolute atomic E-state index is 10.6. The van der Waals surface area contributed by atoms with Gasteiger partial charge in [-0.05, 0) is 24.2 Å². The van der Waals surface area contributed by atoms with Gasteiger partial charge in [0.05, 0.1) is 11.7 Å². The standard InChI is InChI=1S/C14H28O2/c1-12(2,3)10-11(13(4,5)6)16-9-8-14(10,7)15/h10-11,15H,8-9H2,1-7H3. The van der Waals surface area contributed by atoms with Gasteiger partial charge in [0, 0.05) is 12.5 Å². The molecule has 1 rings (SSSR count). The molecule has 0 bridgehead atoms. The van der Waals surface area contributed by atoms with Crippen LogP contribution >= 0.6 is 0 Å². The molecule has 0 saturated carbocycles. The van der Waals surface area contributed by atoms with Gasteiger partial charge in [-0.1, -0.05) is 41.5 Å². The van der Waals surface area contributed by atoms with Crippen LogP contribution in [0.15, 0.2) is 0 Å². The molecule has 1 saturated heterocycles. The Kier molecular flexibility index (Phi) is 3.49. The molecule has 1 heterocycles. The molecule has 0 aromatic rings. The Bertz CT molecular complexity index is 242. The van der Waals surface area contributed by atoms with Crippen molar-refractivity contribution in [2.75, 3.05) is 6.61 Å². The van der Waals surface area contributed by atoms with Crippen LogP contribution in [0.1, 0.15) is 54.9 Å². The van der Waals surface area contributed by atoms with E-state index >= 15 is 0 Å². The van der Waals surface area contributed by atoms with Crippen molar-refractivity contribution in [3.63, 3.8) is 0 Å². The van der Waals surface area contributed by atoms with Crippen molar-refractivity contribution >= 4 is 0 Å². The normalized spacial score (nSPS) is 37.5. The fraction of sp³-hybridized carbons (Fsp3) is 1.00. The van der Waals surface area contributed by atoms with Crippen LogP contribution in [0.25, 0.3) is 0 Å². The van der Waals surface area contributed by atoms with Crippen molar-refractivity contribution in [3.05, 3.63) is 0 Å². The Morgan fingerprint density at radius 3 is 1.88 bits per heavy atom. The zero-order valence-corrected chi connectivity index (χ0v) is 11.9. The smallest absolute Gasteiger partial charge is 0.0699 e. The van der Waals surface area contributed by atoms with Crippen LogP contribution in [-0.4, -0.2) is 23.4 Å². The quantitative estimate of drug-likeness (QED) is 0.689. The van der Waals surface area contributed by atoms with Crippen molar-refractivity contribution in [1.29, 1.82) is 0 Å². The predicted octanol–water partition coefficient (Wildman–Crippen LogP) is 3.23. The van der Waals surface area contributed by atoms with Crippen LogP contribution in [0, 0.1) is 16.7 Å². The maximum Gasteiger partial charge on any atom is 0.0699 e. The van der Waals surface area contributed by atoms with E-state index in [1.165, 1.54) is 0 Å². The highest BCUT2D eigenvalue weighted by atomic mass is 16.5. The third-order valence-electron chi connectivity index (χ3n) is 3.66. The highest BCUT2D eigenvalue weighted by Gasteiger charge is 2.51. The van der Waals surface area contributed by atoms with Gasteiger partial charge in [0.2, 0.25) is 0 Å². The molecule has 0 aromatic carbocycles. The maximum atomic E-state index is 10.6. The van der Waals surface area contributed by atoms with Gasteiger partial charge < -0.3 is 9.84 Å². The summed E-state index contributed by atoms with van der Waals surface area (Å²) in [6.07, 6.45) is 0.859. The molecule has 1 N–H and O–H groups in total. The molecule has 2 nitrogen and oxygen atoms in total. The lowest BCUT2D eigenvalue weighted by Gasteiger charge is -2.53. The van der Waals surface area contributed by atoms with Crippen LogP contribution in [0.2, 0.25) is 0 Å². The third kappa shape index (κ3) is 2.78.